The van der Waals surface area contributed by atoms with E-state index in [0.717, 1.165) is 31.7 Å². The van der Waals surface area contributed by atoms with Gasteiger partial charge in [-0.25, -0.2) is 18.2 Å². The molecule has 1 saturated heterocycles. The second kappa shape index (κ2) is 11.5. The number of hydrogen-bond acceptors (Lipinski definition) is 6. The van der Waals surface area contributed by atoms with Crippen molar-refractivity contribution < 1.29 is 23.1 Å². The molecular weight excluding hydrogens is 573 g/mol. The van der Waals surface area contributed by atoms with Crippen molar-refractivity contribution in [3.05, 3.63) is 82.9 Å². The molecule has 4 aromatic rings. The summed E-state index contributed by atoms with van der Waals surface area (Å²) in [6.07, 6.45) is 3.22. The number of aromatic nitrogens is 2. The molecule has 1 amide bonds. The van der Waals surface area contributed by atoms with Crippen LogP contribution in [0.15, 0.2) is 65.7 Å². The summed E-state index contributed by atoms with van der Waals surface area (Å²) in [6.45, 7) is 1.97. The number of nitrogens with zero attached hydrogens (tertiary/aromatic N) is 3. The van der Waals surface area contributed by atoms with Crippen molar-refractivity contribution >= 4 is 46.7 Å². The number of carbonyl (C=O) groups excluding carboxylic acids is 1. The zero-order chi connectivity index (χ0) is 29.4. The van der Waals surface area contributed by atoms with E-state index in [1.165, 1.54) is 0 Å². The predicted molar refractivity (Wildman–Crippen MR) is 156 cm³/mol. The second-order valence-corrected chi connectivity index (χ2v) is 11.8. The number of alkyl halides is 2. The molecule has 214 valence electrons. The van der Waals surface area contributed by atoms with E-state index in [1.54, 1.807) is 42.6 Å². The number of fused-ring (bicyclic) bond motifs is 1. The molecule has 2 aromatic heterocycles. The number of amides is 1. The van der Waals surface area contributed by atoms with Crippen LogP contribution < -0.4 is 10.2 Å². The third-order valence-corrected chi connectivity index (χ3v) is 7.84. The van der Waals surface area contributed by atoms with Crippen molar-refractivity contribution in [3.8, 4) is 11.3 Å². The largest absolute Gasteiger partial charge is 0.390 e. The van der Waals surface area contributed by atoms with Gasteiger partial charge in [-0.2, -0.15) is 0 Å². The first-order valence-corrected chi connectivity index (χ1v) is 13.8. The number of thiol groups is 1. The van der Waals surface area contributed by atoms with Crippen LogP contribution in [0.1, 0.15) is 35.8 Å². The molecule has 0 atom stereocenters. The summed E-state index contributed by atoms with van der Waals surface area (Å²) in [6, 6.07) is 15.7. The highest BCUT2D eigenvalue weighted by Crippen LogP contribution is 2.54. The normalized spacial score (nSPS) is 16.4. The van der Waals surface area contributed by atoms with Crippen LogP contribution in [0, 0.1) is 11.2 Å². The van der Waals surface area contributed by atoms with Gasteiger partial charge in [0.25, 0.3) is 5.91 Å². The highest BCUT2D eigenvalue weighted by atomic mass is 35.5. The van der Waals surface area contributed by atoms with Gasteiger partial charge in [-0.1, -0.05) is 23.7 Å². The SMILES string of the molecule is CC1(O)CC2(CN(c3cccc(-c4ccc5cnc(CNC(=O)c6cc(S)cc(Cl)c6)cc5c4F)n3)C2)C1.FCF. The molecular formula is C30H28ClF3N4O2S. The summed E-state index contributed by atoms with van der Waals surface area (Å²) in [7, 11) is 0. The molecule has 1 aliphatic carbocycles. The van der Waals surface area contributed by atoms with Crippen LogP contribution in [0.2, 0.25) is 5.02 Å². The zero-order valence-electron chi connectivity index (χ0n) is 22.2. The van der Waals surface area contributed by atoms with Gasteiger partial charge in [0.2, 0.25) is 6.93 Å². The molecule has 2 aliphatic rings. The Kier molecular flexibility index (Phi) is 8.18. The van der Waals surface area contributed by atoms with Crippen LogP contribution in [-0.4, -0.2) is 46.6 Å². The molecule has 1 aliphatic heterocycles. The molecule has 41 heavy (non-hydrogen) atoms. The van der Waals surface area contributed by atoms with E-state index in [1.807, 2.05) is 25.1 Å². The number of rotatable bonds is 5. The van der Waals surface area contributed by atoms with Gasteiger partial charge < -0.3 is 15.3 Å². The molecule has 2 aromatic carbocycles. The number of anilines is 1. The molecule has 0 unspecified atom stereocenters. The number of halogens is 4. The fraction of sp³-hybridized carbons (Fsp3) is 0.300. The van der Waals surface area contributed by atoms with Gasteiger partial charge in [-0.05, 0) is 62.2 Å². The molecule has 0 radical (unpaired) electrons. The van der Waals surface area contributed by atoms with Gasteiger partial charge in [0.15, 0.2) is 0 Å². The summed E-state index contributed by atoms with van der Waals surface area (Å²) in [5.74, 6) is 0.104. The van der Waals surface area contributed by atoms with Crippen LogP contribution in [0.4, 0.5) is 19.0 Å². The van der Waals surface area contributed by atoms with Crippen molar-refractivity contribution in [1.29, 1.82) is 0 Å². The molecule has 6 rings (SSSR count). The van der Waals surface area contributed by atoms with Crippen LogP contribution in [0.5, 0.6) is 0 Å². The number of benzene rings is 2. The van der Waals surface area contributed by atoms with Gasteiger partial charge in [0.1, 0.15) is 11.6 Å². The van der Waals surface area contributed by atoms with Crippen LogP contribution in [0.3, 0.4) is 0 Å². The number of nitrogens with one attached hydrogen (secondary N) is 1. The fourth-order valence-corrected chi connectivity index (χ4v) is 6.55. The van der Waals surface area contributed by atoms with Crippen LogP contribution >= 0.6 is 24.2 Å². The molecule has 2 fully saturated rings. The third kappa shape index (κ3) is 6.29. The molecule has 1 saturated carbocycles. The van der Waals surface area contributed by atoms with E-state index in [2.05, 4.69) is 27.8 Å². The average Bonchev–Trinajstić information content (AvgIpc) is 2.89. The number of carbonyl (C=O) groups is 1. The van der Waals surface area contributed by atoms with E-state index in [4.69, 9.17) is 16.6 Å². The van der Waals surface area contributed by atoms with E-state index >= 15 is 4.39 Å². The minimum atomic E-state index is -1.75. The monoisotopic (exact) mass is 600 g/mol. The lowest BCUT2D eigenvalue weighted by atomic mass is 9.56. The molecule has 0 bridgehead atoms. The molecule has 3 heterocycles. The summed E-state index contributed by atoms with van der Waals surface area (Å²) < 4.78 is 35.0. The maximum Gasteiger partial charge on any atom is 0.251 e. The minimum absolute atomic E-state index is 0.129. The first kappa shape index (κ1) is 29.2. The molecule has 11 heteroatoms. The van der Waals surface area contributed by atoms with Crippen molar-refractivity contribution in [2.75, 3.05) is 24.9 Å². The van der Waals surface area contributed by atoms with Gasteiger partial charge in [-0.3, -0.25) is 9.78 Å². The fourth-order valence-electron chi connectivity index (χ4n) is 5.96. The minimum Gasteiger partial charge on any atom is -0.390 e. The van der Waals surface area contributed by atoms with Crippen molar-refractivity contribution in [2.45, 2.75) is 36.8 Å². The Labute approximate surface area is 246 Å². The first-order chi connectivity index (χ1) is 19.5. The Morgan fingerprint density at radius 2 is 1.88 bits per heavy atom. The van der Waals surface area contributed by atoms with E-state index in [0.29, 0.717) is 43.2 Å². The van der Waals surface area contributed by atoms with Gasteiger partial charge in [0.05, 0.1) is 23.5 Å². The Balaban J connectivity index is 0.00000108. The topological polar surface area (TPSA) is 78.4 Å². The standard InChI is InChI=1S/C29H26ClFN4O2S.CH2F2/c1-28(37)13-29(14-28)15-35(16-29)25-4-2-3-24(34-25)22-6-5-17-11-32-20(10-23(17)26(22)31)12-33-27(36)18-7-19(30)9-21(38)8-18;2-1-3/h2-11,37-38H,12-16H2,1H3,(H,33,36);1H2. The Morgan fingerprint density at radius 1 is 1.15 bits per heavy atom. The number of pyridine rings is 2. The van der Waals surface area contributed by atoms with Crippen molar-refractivity contribution in [2.24, 2.45) is 5.41 Å². The van der Waals surface area contributed by atoms with Crippen molar-refractivity contribution in [3.63, 3.8) is 0 Å². The van der Waals surface area contributed by atoms with Gasteiger partial charge >= 0.3 is 0 Å². The lowest BCUT2D eigenvalue weighted by Gasteiger charge is -2.62. The summed E-state index contributed by atoms with van der Waals surface area (Å²) in [5, 5.41) is 14.4. The maximum atomic E-state index is 15.8. The molecule has 2 N–H and O–H groups in total. The average molecular weight is 601 g/mol. The Bertz CT molecular complexity index is 1580. The predicted octanol–water partition coefficient (Wildman–Crippen LogP) is 6.54. The molecule has 6 nitrogen and oxygen atoms in total. The lowest BCUT2D eigenvalue weighted by molar-refractivity contribution is -0.126. The van der Waals surface area contributed by atoms with Crippen LogP contribution in [-0.2, 0) is 6.54 Å². The highest BCUT2D eigenvalue weighted by Gasteiger charge is 2.57. The maximum absolute atomic E-state index is 15.8. The summed E-state index contributed by atoms with van der Waals surface area (Å²) >= 11 is 10.3. The lowest BCUT2D eigenvalue weighted by Crippen LogP contribution is -2.67. The van der Waals surface area contributed by atoms with Crippen molar-refractivity contribution in [1.82, 2.24) is 15.3 Å². The highest BCUT2D eigenvalue weighted by molar-refractivity contribution is 7.80. The van der Waals surface area contributed by atoms with Gasteiger partial charge in [-0.15, -0.1) is 12.6 Å². The third-order valence-electron chi connectivity index (χ3n) is 7.37. The first-order valence-electron chi connectivity index (χ1n) is 12.9. The number of aliphatic hydroxyl groups is 1. The quantitative estimate of drug-likeness (QED) is 0.227. The smallest absolute Gasteiger partial charge is 0.251 e. The summed E-state index contributed by atoms with van der Waals surface area (Å²) in [4.78, 5) is 24.5. The zero-order valence-corrected chi connectivity index (χ0v) is 23.8. The van der Waals surface area contributed by atoms with E-state index in [9.17, 15) is 18.7 Å². The molecule has 1 spiro atoms. The van der Waals surface area contributed by atoms with Crippen LogP contribution in [0.25, 0.3) is 22.0 Å². The summed E-state index contributed by atoms with van der Waals surface area (Å²) in [5.41, 5.74) is 1.49. The Hall–Kier alpha value is -3.34. The van der Waals surface area contributed by atoms with E-state index < -0.39 is 12.5 Å². The van der Waals surface area contributed by atoms with Gasteiger partial charge in [0, 0.05) is 56.5 Å². The Morgan fingerprint density at radius 3 is 2.56 bits per heavy atom. The number of hydrogen-bond donors (Lipinski definition) is 3. The van der Waals surface area contributed by atoms with E-state index in [-0.39, 0.29) is 23.7 Å². The second-order valence-electron chi connectivity index (χ2n) is 10.9.